The van der Waals surface area contributed by atoms with Crippen molar-refractivity contribution in [3.63, 3.8) is 0 Å². The highest BCUT2D eigenvalue weighted by Gasteiger charge is 2.20. The summed E-state index contributed by atoms with van der Waals surface area (Å²) < 4.78 is 0. The molecule has 0 bridgehead atoms. The van der Waals surface area contributed by atoms with Gasteiger partial charge in [-0.05, 0) is 39.7 Å². The van der Waals surface area contributed by atoms with Gasteiger partial charge >= 0.3 is 0 Å². The van der Waals surface area contributed by atoms with E-state index in [2.05, 4.69) is 4.90 Å². The van der Waals surface area contributed by atoms with Gasteiger partial charge in [0.25, 0.3) is 0 Å². The quantitative estimate of drug-likeness (QED) is 0.680. The second-order valence-corrected chi connectivity index (χ2v) is 4.66. The third kappa shape index (κ3) is 4.60. The molecular weight excluding hydrogens is 166 g/mol. The number of aliphatic hydroxyl groups excluding tert-OH is 1. The lowest BCUT2D eigenvalue weighted by atomic mass is 10.0. The molecule has 3 nitrogen and oxygen atoms in total. The fourth-order valence-corrected chi connectivity index (χ4v) is 1.67. The number of likely N-dealkylation sites (tertiary alicyclic amines) is 1. The van der Waals surface area contributed by atoms with Crippen molar-refractivity contribution in [2.24, 2.45) is 0 Å². The topological polar surface area (TPSA) is 43.7 Å². The van der Waals surface area contributed by atoms with Gasteiger partial charge < -0.3 is 15.1 Å². The first kappa shape index (κ1) is 11.0. The van der Waals surface area contributed by atoms with E-state index in [4.69, 9.17) is 0 Å². The first-order valence-electron chi connectivity index (χ1n) is 5.10. The number of hydrogen-bond donors (Lipinski definition) is 2. The molecule has 1 atom stereocenters. The normalized spacial score (nSPS) is 26.3. The summed E-state index contributed by atoms with van der Waals surface area (Å²) >= 11 is 0. The number of aliphatic hydroxyl groups is 2. The first-order valence-corrected chi connectivity index (χ1v) is 5.10. The Morgan fingerprint density at radius 1 is 1.46 bits per heavy atom. The Kier molecular flexibility index (Phi) is 3.71. The minimum atomic E-state index is -0.581. The van der Waals surface area contributed by atoms with Crippen molar-refractivity contribution in [3.05, 3.63) is 0 Å². The maximum atomic E-state index is 9.53. The Morgan fingerprint density at radius 3 is 2.69 bits per heavy atom. The predicted molar refractivity (Wildman–Crippen MR) is 52.6 cm³/mol. The number of nitrogens with zero attached hydrogens (tertiary/aromatic N) is 1. The maximum absolute atomic E-state index is 9.53. The molecule has 2 N–H and O–H groups in total. The molecular formula is C10H21NO2. The second kappa shape index (κ2) is 4.40. The monoisotopic (exact) mass is 187 g/mol. The van der Waals surface area contributed by atoms with Gasteiger partial charge in [0.15, 0.2) is 0 Å². The molecule has 78 valence electrons. The lowest BCUT2D eigenvalue weighted by molar-refractivity contribution is 0.0322. The van der Waals surface area contributed by atoms with Crippen LogP contribution in [0, 0.1) is 0 Å². The van der Waals surface area contributed by atoms with Gasteiger partial charge in [-0.3, -0.25) is 0 Å². The fourth-order valence-electron chi connectivity index (χ4n) is 1.67. The largest absolute Gasteiger partial charge is 0.392 e. The van der Waals surface area contributed by atoms with Crippen LogP contribution < -0.4 is 0 Å². The van der Waals surface area contributed by atoms with Crippen molar-refractivity contribution < 1.29 is 10.2 Å². The molecule has 0 spiro atoms. The summed E-state index contributed by atoms with van der Waals surface area (Å²) in [6, 6.07) is 0. The molecule has 1 fully saturated rings. The van der Waals surface area contributed by atoms with Crippen molar-refractivity contribution >= 4 is 0 Å². The lowest BCUT2D eigenvalue weighted by Gasteiger charge is -2.31. The van der Waals surface area contributed by atoms with Crippen LogP contribution in [-0.4, -0.2) is 46.5 Å². The van der Waals surface area contributed by atoms with Gasteiger partial charge in [-0.1, -0.05) is 0 Å². The number of hydrogen-bond acceptors (Lipinski definition) is 3. The van der Waals surface area contributed by atoms with Gasteiger partial charge in [-0.2, -0.15) is 0 Å². The zero-order chi connectivity index (χ0) is 9.90. The highest BCUT2D eigenvalue weighted by molar-refractivity contribution is 4.74. The van der Waals surface area contributed by atoms with Gasteiger partial charge in [0, 0.05) is 13.1 Å². The smallest absolute Gasteiger partial charge is 0.0667 e. The van der Waals surface area contributed by atoms with Crippen LogP contribution in [0.2, 0.25) is 0 Å². The van der Waals surface area contributed by atoms with Gasteiger partial charge in [0.1, 0.15) is 0 Å². The molecule has 1 aliphatic heterocycles. The summed E-state index contributed by atoms with van der Waals surface area (Å²) in [5, 5.41) is 18.9. The van der Waals surface area contributed by atoms with Crippen molar-refractivity contribution in [2.75, 3.05) is 19.6 Å². The molecule has 1 saturated heterocycles. The molecule has 0 aromatic rings. The molecule has 13 heavy (non-hydrogen) atoms. The van der Waals surface area contributed by atoms with Crippen molar-refractivity contribution in [3.8, 4) is 0 Å². The first-order chi connectivity index (χ1) is 5.97. The Labute approximate surface area is 80.4 Å². The zero-order valence-corrected chi connectivity index (χ0v) is 8.66. The molecule has 0 aromatic heterocycles. The summed E-state index contributed by atoms with van der Waals surface area (Å²) in [6.07, 6.45) is 2.63. The van der Waals surface area contributed by atoms with Crippen molar-refractivity contribution in [1.29, 1.82) is 0 Å². The average molecular weight is 187 g/mol. The highest BCUT2D eigenvalue weighted by atomic mass is 16.3. The van der Waals surface area contributed by atoms with Crippen LogP contribution >= 0.6 is 0 Å². The van der Waals surface area contributed by atoms with E-state index in [1.54, 1.807) is 0 Å². The molecule has 0 aliphatic carbocycles. The molecule has 0 radical (unpaired) electrons. The molecule has 0 aromatic carbocycles. The summed E-state index contributed by atoms with van der Waals surface area (Å²) in [5.74, 6) is 0. The van der Waals surface area contributed by atoms with Crippen LogP contribution in [0.3, 0.4) is 0 Å². The second-order valence-electron chi connectivity index (χ2n) is 4.66. The molecule has 3 heteroatoms. The SMILES string of the molecule is CC(C)(O)CCN1CCCC(O)C1. The van der Waals surface area contributed by atoms with E-state index < -0.39 is 5.60 Å². The van der Waals surface area contributed by atoms with Gasteiger partial charge in [0.05, 0.1) is 11.7 Å². The summed E-state index contributed by atoms with van der Waals surface area (Å²) in [4.78, 5) is 2.23. The summed E-state index contributed by atoms with van der Waals surface area (Å²) in [6.45, 7) is 6.38. The van der Waals surface area contributed by atoms with Crippen LogP contribution in [0.1, 0.15) is 33.1 Å². The van der Waals surface area contributed by atoms with E-state index in [1.165, 1.54) is 0 Å². The Bertz CT molecular complexity index is 153. The minimum absolute atomic E-state index is 0.157. The third-order valence-corrected chi connectivity index (χ3v) is 2.52. The van der Waals surface area contributed by atoms with E-state index in [-0.39, 0.29) is 6.10 Å². The zero-order valence-electron chi connectivity index (χ0n) is 8.66. The molecule has 0 amide bonds. The minimum Gasteiger partial charge on any atom is -0.392 e. The van der Waals surface area contributed by atoms with Crippen molar-refractivity contribution in [1.82, 2.24) is 4.90 Å². The average Bonchev–Trinajstić information content (AvgIpc) is 2.00. The Hall–Kier alpha value is -0.120. The molecule has 1 unspecified atom stereocenters. The van der Waals surface area contributed by atoms with E-state index >= 15 is 0 Å². The van der Waals surface area contributed by atoms with Crippen LogP contribution in [0.15, 0.2) is 0 Å². The highest BCUT2D eigenvalue weighted by Crippen LogP contribution is 2.13. The van der Waals surface area contributed by atoms with E-state index in [9.17, 15) is 10.2 Å². The molecule has 0 saturated carbocycles. The standard InChI is InChI=1S/C10H21NO2/c1-10(2,13)5-7-11-6-3-4-9(12)8-11/h9,12-13H,3-8H2,1-2H3. The fraction of sp³-hybridized carbons (Fsp3) is 1.00. The van der Waals surface area contributed by atoms with E-state index in [0.717, 1.165) is 38.9 Å². The van der Waals surface area contributed by atoms with Crippen LogP contribution in [-0.2, 0) is 0 Å². The molecule has 1 heterocycles. The van der Waals surface area contributed by atoms with Gasteiger partial charge in [0.2, 0.25) is 0 Å². The Morgan fingerprint density at radius 2 is 2.15 bits per heavy atom. The number of piperidine rings is 1. The number of β-amino-alcohol motifs (C(OH)–C–C–N with tert-alkyl or cyclic N) is 1. The van der Waals surface area contributed by atoms with Crippen LogP contribution in [0.4, 0.5) is 0 Å². The van der Waals surface area contributed by atoms with E-state index in [0.29, 0.717) is 0 Å². The van der Waals surface area contributed by atoms with E-state index in [1.807, 2.05) is 13.8 Å². The van der Waals surface area contributed by atoms with Crippen LogP contribution in [0.25, 0.3) is 0 Å². The summed E-state index contributed by atoms with van der Waals surface area (Å²) in [5.41, 5.74) is -0.581. The summed E-state index contributed by atoms with van der Waals surface area (Å²) in [7, 11) is 0. The Balaban J connectivity index is 2.21. The molecule has 1 aliphatic rings. The van der Waals surface area contributed by atoms with Gasteiger partial charge in [-0.15, -0.1) is 0 Å². The maximum Gasteiger partial charge on any atom is 0.0667 e. The lowest BCUT2D eigenvalue weighted by Crippen LogP contribution is -2.40. The third-order valence-electron chi connectivity index (χ3n) is 2.52. The van der Waals surface area contributed by atoms with Crippen molar-refractivity contribution in [2.45, 2.75) is 44.8 Å². The predicted octanol–water partition coefficient (Wildman–Crippen LogP) is 0.604. The molecule has 1 rings (SSSR count). The van der Waals surface area contributed by atoms with Crippen LogP contribution in [0.5, 0.6) is 0 Å². The van der Waals surface area contributed by atoms with Gasteiger partial charge in [-0.25, -0.2) is 0 Å². The number of rotatable bonds is 3.